The van der Waals surface area contributed by atoms with Crippen molar-refractivity contribution in [3.63, 3.8) is 0 Å². The molecule has 0 saturated carbocycles. The van der Waals surface area contributed by atoms with Gasteiger partial charge in [0.05, 0.1) is 7.11 Å². The van der Waals surface area contributed by atoms with Crippen molar-refractivity contribution in [2.24, 2.45) is 11.7 Å². The van der Waals surface area contributed by atoms with Crippen LogP contribution in [0.1, 0.15) is 30.9 Å². The molecule has 0 aliphatic carbocycles. The van der Waals surface area contributed by atoms with E-state index in [1.54, 1.807) is 7.11 Å². The molecule has 1 aromatic rings. The van der Waals surface area contributed by atoms with E-state index in [9.17, 15) is 0 Å². The Kier molecular flexibility index (Phi) is 4.83. The molecule has 1 aromatic carbocycles. The molecule has 19 heavy (non-hydrogen) atoms. The molecule has 0 aromatic heterocycles. The number of aryl methyl sites for hydroxylation is 1. The van der Waals surface area contributed by atoms with Crippen molar-refractivity contribution in [3.05, 3.63) is 29.3 Å². The van der Waals surface area contributed by atoms with Crippen LogP contribution in [0.5, 0.6) is 5.75 Å². The van der Waals surface area contributed by atoms with Crippen LogP contribution in [0.4, 0.5) is 0 Å². The molecular weight excluding hydrogens is 236 g/mol. The number of hydrogen-bond acceptors (Lipinski definition) is 3. The summed E-state index contributed by atoms with van der Waals surface area (Å²) < 4.78 is 5.31. The lowest BCUT2D eigenvalue weighted by atomic mass is 9.92. The predicted octanol–water partition coefficient (Wildman–Crippen LogP) is 2.56. The highest BCUT2D eigenvalue weighted by atomic mass is 16.5. The van der Waals surface area contributed by atoms with Gasteiger partial charge >= 0.3 is 0 Å². The average molecular weight is 262 g/mol. The van der Waals surface area contributed by atoms with Crippen molar-refractivity contribution in [2.75, 3.05) is 20.2 Å². The van der Waals surface area contributed by atoms with Crippen LogP contribution >= 0.6 is 0 Å². The van der Waals surface area contributed by atoms with Crippen molar-refractivity contribution >= 4 is 0 Å². The van der Waals surface area contributed by atoms with Crippen LogP contribution in [-0.2, 0) is 6.54 Å². The van der Waals surface area contributed by atoms with Gasteiger partial charge in [-0.25, -0.2) is 0 Å². The van der Waals surface area contributed by atoms with Gasteiger partial charge in [0.2, 0.25) is 0 Å². The molecule has 0 bridgehead atoms. The highest BCUT2D eigenvalue weighted by molar-refractivity contribution is 5.36. The van der Waals surface area contributed by atoms with Gasteiger partial charge in [-0.15, -0.1) is 0 Å². The van der Waals surface area contributed by atoms with E-state index >= 15 is 0 Å². The maximum atomic E-state index is 6.04. The number of nitrogens with zero attached hydrogens (tertiary/aromatic N) is 1. The Labute approximate surface area is 116 Å². The minimum atomic E-state index is 0.306. The lowest BCUT2D eigenvalue weighted by Gasteiger charge is -2.34. The van der Waals surface area contributed by atoms with Crippen molar-refractivity contribution in [3.8, 4) is 5.75 Å². The Hall–Kier alpha value is -1.06. The second-order valence-corrected chi connectivity index (χ2v) is 5.80. The summed E-state index contributed by atoms with van der Waals surface area (Å²) in [6.45, 7) is 7.57. The largest absolute Gasteiger partial charge is 0.496 e. The standard InChI is InChI=1S/C16H26N2O/c1-12-9-14(6-7-16(12)19-3)10-18-8-4-5-15(11-18)13(2)17/h6-7,9,13,15H,4-5,8,10-11,17H2,1-3H3. The molecule has 0 spiro atoms. The topological polar surface area (TPSA) is 38.5 Å². The smallest absolute Gasteiger partial charge is 0.121 e. The number of ether oxygens (including phenoxy) is 1. The van der Waals surface area contributed by atoms with Crippen molar-refractivity contribution in [1.29, 1.82) is 0 Å². The van der Waals surface area contributed by atoms with Gasteiger partial charge in [-0.3, -0.25) is 4.90 Å². The van der Waals surface area contributed by atoms with Crippen LogP contribution in [0, 0.1) is 12.8 Å². The van der Waals surface area contributed by atoms with Gasteiger partial charge in [-0.05, 0) is 56.3 Å². The number of hydrogen-bond donors (Lipinski definition) is 1. The first-order valence-electron chi connectivity index (χ1n) is 7.21. The Bertz CT molecular complexity index is 417. The third-order valence-electron chi connectivity index (χ3n) is 4.15. The lowest BCUT2D eigenvalue weighted by molar-refractivity contribution is 0.154. The first-order valence-corrected chi connectivity index (χ1v) is 7.21. The van der Waals surface area contributed by atoms with Crippen LogP contribution in [0.15, 0.2) is 18.2 Å². The summed E-state index contributed by atoms with van der Waals surface area (Å²) in [5, 5.41) is 0. The molecule has 2 N–H and O–H groups in total. The molecule has 2 unspecified atom stereocenters. The first kappa shape index (κ1) is 14.4. The highest BCUT2D eigenvalue weighted by Gasteiger charge is 2.22. The fourth-order valence-electron chi connectivity index (χ4n) is 2.96. The number of nitrogens with two attached hydrogens (primary N) is 1. The van der Waals surface area contributed by atoms with Crippen LogP contribution in [0.3, 0.4) is 0 Å². The van der Waals surface area contributed by atoms with Crippen molar-refractivity contribution in [1.82, 2.24) is 4.90 Å². The molecule has 2 atom stereocenters. The zero-order valence-electron chi connectivity index (χ0n) is 12.4. The number of piperidine rings is 1. The monoisotopic (exact) mass is 262 g/mol. The Balaban J connectivity index is 1.98. The van der Waals surface area contributed by atoms with Gasteiger partial charge in [0.1, 0.15) is 5.75 Å². The molecule has 0 amide bonds. The number of likely N-dealkylation sites (tertiary alicyclic amines) is 1. The van der Waals surface area contributed by atoms with Gasteiger partial charge in [-0.2, -0.15) is 0 Å². The normalized spacial score (nSPS) is 22.2. The predicted molar refractivity (Wildman–Crippen MR) is 79.4 cm³/mol. The molecule has 1 heterocycles. The minimum Gasteiger partial charge on any atom is -0.496 e. The molecule has 2 rings (SSSR count). The zero-order valence-corrected chi connectivity index (χ0v) is 12.4. The van der Waals surface area contributed by atoms with Gasteiger partial charge < -0.3 is 10.5 Å². The Morgan fingerprint density at radius 3 is 2.89 bits per heavy atom. The molecule has 3 nitrogen and oxygen atoms in total. The molecule has 1 fully saturated rings. The maximum absolute atomic E-state index is 6.04. The number of methoxy groups -OCH3 is 1. The molecule has 3 heteroatoms. The molecular formula is C16H26N2O. The van der Waals surface area contributed by atoms with Gasteiger partial charge in [-0.1, -0.05) is 12.1 Å². The average Bonchev–Trinajstić information content (AvgIpc) is 2.39. The van der Waals surface area contributed by atoms with Crippen molar-refractivity contribution < 1.29 is 4.74 Å². The quantitative estimate of drug-likeness (QED) is 0.906. The first-order chi connectivity index (χ1) is 9.10. The molecule has 1 aliphatic heterocycles. The lowest BCUT2D eigenvalue weighted by Crippen LogP contribution is -2.41. The molecule has 106 valence electrons. The van der Waals surface area contributed by atoms with Gasteiger partial charge in [0, 0.05) is 19.1 Å². The third-order valence-corrected chi connectivity index (χ3v) is 4.15. The minimum absolute atomic E-state index is 0.306. The van der Waals surface area contributed by atoms with Crippen LogP contribution < -0.4 is 10.5 Å². The molecule has 1 aliphatic rings. The fraction of sp³-hybridized carbons (Fsp3) is 0.625. The highest BCUT2D eigenvalue weighted by Crippen LogP contribution is 2.23. The van der Waals surface area contributed by atoms with Gasteiger partial charge in [0.25, 0.3) is 0 Å². The Morgan fingerprint density at radius 2 is 2.26 bits per heavy atom. The molecule has 1 saturated heterocycles. The zero-order chi connectivity index (χ0) is 13.8. The van der Waals surface area contributed by atoms with E-state index in [2.05, 4.69) is 36.9 Å². The Morgan fingerprint density at radius 1 is 1.47 bits per heavy atom. The summed E-state index contributed by atoms with van der Waals surface area (Å²) in [6, 6.07) is 6.77. The maximum Gasteiger partial charge on any atom is 0.121 e. The van der Waals surface area contributed by atoms with E-state index in [4.69, 9.17) is 10.5 Å². The van der Waals surface area contributed by atoms with E-state index in [1.807, 2.05) is 0 Å². The summed E-state index contributed by atoms with van der Waals surface area (Å²) in [5.41, 5.74) is 8.62. The van der Waals surface area contributed by atoms with E-state index < -0.39 is 0 Å². The summed E-state index contributed by atoms with van der Waals surface area (Å²) in [4.78, 5) is 2.53. The summed E-state index contributed by atoms with van der Waals surface area (Å²) >= 11 is 0. The van der Waals surface area contributed by atoms with Crippen molar-refractivity contribution in [2.45, 2.75) is 39.3 Å². The molecule has 0 radical (unpaired) electrons. The van der Waals surface area contributed by atoms with E-state index in [0.29, 0.717) is 12.0 Å². The summed E-state index contributed by atoms with van der Waals surface area (Å²) in [5.74, 6) is 1.61. The summed E-state index contributed by atoms with van der Waals surface area (Å²) in [7, 11) is 1.72. The number of benzene rings is 1. The second-order valence-electron chi connectivity index (χ2n) is 5.80. The fourth-order valence-corrected chi connectivity index (χ4v) is 2.96. The van der Waals surface area contributed by atoms with E-state index in [0.717, 1.165) is 18.8 Å². The van der Waals surface area contributed by atoms with Crippen LogP contribution in [0.25, 0.3) is 0 Å². The van der Waals surface area contributed by atoms with Crippen LogP contribution in [-0.4, -0.2) is 31.1 Å². The third kappa shape index (κ3) is 3.71. The SMILES string of the molecule is COc1ccc(CN2CCCC(C(C)N)C2)cc1C. The second kappa shape index (κ2) is 6.40. The summed E-state index contributed by atoms with van der Waals surface area (Å²) in [6.07, 6.45) is 2.54. The van der Waals surface area contributed by atoms with E-state index in [-0.39, 0.29) is 0 Å². The van der Waals surface area contributed by atoms with E-state index in [1.165, 1.54) is 30.5 Å². The van der Waals surface area contributed by atoms with Crippen LogP contribution in [0.2, 0.25) is 0 Å². The number of rotatable bonds is 4. The van der Waals surface area contributed by atoms with Gasteiger partial charge in [0.15, 0.2) is 0 Å².